The second-order valence-corrected chi connectivity index (χ2v) is 4.76. The predicted octanol–water partition coefficient (Wildman–Crippen LogP) is 0.460. The van der Waals surface area contributed by atoms with Crippen molar-refractivity contribution in [2.24, 2.45) is 0 Å². The number of nitrogens with zero attached hydrogens (tertiary/aromatic N) is 2. The first-order valence-electron chi connectivity index (χ1n) is 6.96. The minimum Gasteiger partial charge on any atom is -0.378 e. The maximum atomic E-state index is 12.1. The Labute approximate surface area is 119 Å². The number of carbonyl (C=O) groups excluding carboxylic acids is 1. The average molecular weight is 278 g/mol. The fraction of sp³-hybridized carbons (Fsp3) is 0.571. The van der Waals surface area contributed by atoms with Gasteiger partial charge in [-0.25, -0.2) is 4.98 Å². The van der Waals surface area contributed by atoms with Gasteiger partial charge in [-0.2, -0.15) is 0 Å². The number of anilines is 1. The van der Waals surface area contributed by atoms with Gasteiger partial charge in [-0.1, -0.05) is 0 Å². The third kappa shape index (κ3) is 3.68. The van der Waals surface area contributed by atoms with Crippen LogP contribution in [0.2, 0.25) is 0 Å². The average Bonchev–Trinajstić information content (AvgIpc) is 2.48. The number of pyridine rings is 1. The fourth-order valence-electron chi connectivity index (χ4n) is 2.30. The summed E-state index contributed by atoms with van der Waals surface area (Å²) in [6.45, 7) is 5.17. The molecule has 1 aliphatic rings. The van der Waals surface area contributed by atoms with Gasteiger partial charge in [-0.15, -0.1) is 0 Å². The SMILES string of the molecule is CCNC(=O)C1COCCN1Cc1ccnc(NC)c1. The van der Waals surface area contributed by atoms with E-state index in [0.29, 0.717) is 19.8 Å². The Morgan fingerprint density at radius 1 is 1.60 bits per heavy atom. The topological polar surface area (TPSA) is 66.5 Å². The van der Waals surface area contributed by atoms with Crippen LogP contribution in [0, 0.1) is 0 Å². The van der Waals surface area contributed by atoms with E-state index >= 15 is 0 Å². The van der Waals surface area contributed by atoms with Gasteiger partial charge in [-0.3, -0.25) is 9.69 Å². The predicted molar refractivity (Wildman–Crippen MR) is 77.5 cm³/mol. The minimum atomic E-state index is -0.213. The molecule has 0 spiro atoms. The molecule has 1 fully saturated rings. The van der Waals surface area contributed by atoms with Gasteiger partial charge in [0, 0.05) is 32.9 Å². The Morgan fingerprint density at radius 2 is 2.45 bits per heavy atom. The fourth-order valence-corrected chi connectivity index (χ4v) is 2.30. The van der Waals surface area contributed by atoms with Gasteiger partial charge in [0.15, 0.2) is 0 Å². The number of ether oxygens (including phenoxy) is 1. The Balaban J connectivity index is 2.06. The smallest absolute Gasteiger partial charge is 0.239 e. The van der Waals surface area contributed by atoms with Crippen molar-refractivity contribution in [3.63, 3.8) is 0 Å². The molecule has 0 aliphatic carbocycles. The molecule has 0 bridgehead atoms. The molecule has 20 heavy (non-hydrogen) atoms. The van der Waals surface area contributed by atoms with Gasteiger partial charge in [0.2, 0.25) is 5.91 Å². The lowest BCUT2D eigenvalue weighted by Gasteiger charge is -2.34. The molecule has 2 N–H and O–H groups in total. The van der Waals surface area contributed by atoms with Gasteiger partial charge in [0.05, 0.1) is 13.2 Å². The molecule has 2 heterocycles. The summed E-state index contributed by atoms with van der Waals surface area (Å²) in [5, 5.41) is 5.89. The van der Waals surface area contributed by atoms with Gasteiger partial charge in [-0.05, 0) is 24.6 Å². The largest absolute Gasteiger partial charge is 0.378 e. The summed E-state index contributed by atoms with van der Waals surface area (Å²) in [5.74, 6) is 0.875. The third-order valence-corrected chi connectivity index (χ3v) is 3.36. The lowest BCUT2D eigenvalue weighted by atomic mass is 10.1. The number of morpholine rings is 1. The Kier molecular flexibility index (Phi) is 5.31. The maximum Gasteiger partial charge on any atom is 0.239 e. The van der Waals surface area contributed by atoms with E-state index in [1.807, 2.05) is 26.1 Å². The van der Waals surface area contributed by atoms with E-state index in [0.717, 1.165) is 24.5 Å². The number of amides is 1. The first-order chi connectivity index (χ1) is 9.74. The van der Waals surface area contributed by atoms with Crippen LogP contribution in [0.15, 0.2) is 18.3 Å². The highest BCUT2D eigenvalue weighted by atomic mass is 16.5. The summed E-state index contributed by atoms with van der Waals surface area (Å²) >= 11 is 0. The van der Waals surface area contributed by atoms with Crippen LogP contribution in [0.5, 0.6) is 0 Å². The number of likely N-dealkylation sites (N-methyl/N-ethyl adjacent to an activating group) is 1. The monoisotopic (exact) mass is 278 g/mol. The third-order valence-electron chi connectivity index (χ3n) is 3.36. The Morgan fingerprint density at radius 3 is 3.20 bits per heavy atom. The molecule has 2 rings (SSSR count). The highest BCUT2D eigenvalue weighted by Gasteiger charge is 2.28. The van der Waals surface area contributed by atoms with Crippen LogP contribution >= 0.6 is 0 Å². The van der Waals surface area contributed by atoms with Gasteiger partial charge in [0.1, 0.15) is 11.9 Å². The number of hydrogen-bond acceptors (Lipinski definition) is 5. The van der Waals surface area contributed by atoms with Crippen LogP contribution in [-0.4, -0.2) is 55.2 Å². The van der Waals surface area contributed by atoms with Crippen molar-refractivity contribution in [1.82, 2.24) is 15.2 Å². The summed E-state index contributed by atoms with van der Waals surface area (Å²) in [7, 11) is 1.85. The molecule has 6 heteroatoms. The lowest BCUT2D eigenvalue weighted by molar-refractivity contribution is -0.132. The van der Waals surface area contributed by atoms with Crippen molar-refractivity contribution in [2.75, 3.05) is 38.7 Å². The molecule has 1 amide bonds. The number of rotatable bonds is 5. The van der Waals surface area contributed by atoms with Crippen LogP contribution in [0.25, 0.3) is 0 Å². The standard InChI is InChI=1S/C14H22N4O2/c1-3-16-14(19)12-10-20-7-6-18(12)9-11-4-5-17-13(8-11)15-2/h4-5,8,12H,3,6-7,9-10H2,1-2H3,(H,15,17)(H,16,19). The minimum absolute atomic E-state index is 0.0371. The van der Waals surface area contributed by atoms with E-state index in [9.17, 15) is 4.79 Å². The van der Waals surface area contributed by atoms with Crippen molar-refractivity contribution in [3.8, 4) is 0 Å². The summed E-state index contributed by atoms with van der Waals surface area (Å²) in [6, 6.07) is 3.77. The Hall–Kier alpha value is -1.66. The molecule has 0 saturated carbocycles. The lowest BCUT2D eigenvalue weighted by Crippen LogP contribution is -2.53. The number of nitrogens with one attached hydrogen (secondary N) is 2. The van der Waals surface area contributed by atoms with Crippen LogP contribution < -0.4 is 10.6 Å². The molecular weight excluding hydrogens is 256 g/mol. The van der Waals surface area contributed by atoms with Crippen LogP contribution in [0.1, 0.15) is 12.5 Å². The molecule has 1 aromatic heterocycles. The molecule has 1 aliphatic heterocycles. The van der Waals surface area contributed by atoms with E-state index in [4.69, 9.17) is 4.74 Å². The summed E-state index contributed by atoms with van der Waals surface area (Å²) in [6.07, 6.45) is 1.78. The van der Waals surface area contributed by atoms with Gasteiger partial charge < -0.3 is 15.4 Å². The van der Waals surface area contributed by atoms with Crippen LogP contribution in [0.3, 0.4) is 0 Å². The van der Waals surface area contributed by atoms with Crippen LogP contribution in [0.4, 0.5) is 5.82 Å². The first-order valence-corrected chi connectivity index (χ1v) is 6.96. The van der Waals surface area contributed by atoms with E-state index in [-0.39, 0.29) is 11.9 Å². The number of aromatic nitrogens is 1. The zero-order valence-corrected chi connectivity index (χ0v) is 12.1. The highest BCUT2D eigenvalue weighted by molar-refractivity contribution is 5.81. The van der Waals surface area contributed by atoms with Gasteiger partial charge >= 0.3 is 0 Å². The van der Waals surface area contributed by atoms with Gasteiger partial charge in [0.25, 0.3) is 0 Å². The Bertz CT molecular complexity index is 453. The van der Waals surface area contributed by atoms with E-state index in [2.05, 4.69) is 20.5 Å². The molecule has 1 unspecified atom stereocenters. The van der Waals surface area contributed by atoms with Crippen molar-refractivity contribution < 1.29 is 9.53 Å². The van der Waals surface area contributed by atoms with E-state index in [1.54, 1.807) is 6.20 Å². The number of hydrogen-bond donors (Lipinski definition) is 2. The highest BCUT2D eigenvalue weighted by Crippen LogP contribution is 2.14. The molecule has 1 saturated heterocycles. The zero-order chi connectivity index (χ0) is 14.4. The molecule has 6 nitrogen and oxygen atoms in total. The summed E-state index contributed by atoms with van der Waals surface area (Å²) in [4.78, 5) is 18.4. The molecule has 1 aromatic rings. The molecule has 110 valence electrons. The molecular formula is C14H22N4O2. The molecule has 1 atom stereocenters. The molecule has 0 aromatic carbocycles. The summed E-state index contributed by atoms with van der Waals surface area (Å²) < 4.78 is 5.44. The maximum absolute atomic E-state index is 12.1. The zero-order valence-electron chi connectivity index (χ0n) is 12.1. The van der Waals surface area contributed by atoms with E-state index < -0.39 is 0 Å². The van der Waals surface area contributed by atoms with Crippen molar-refractivity contribution in [1.29, 1.82) is 0 Å². The van der Waals surface area contributed by atoms with Crippen molar-refractivity contribution in [2.45, 2.75) is 19.5 Å². The van der Waals surface area contributed by atoms with Crippen LogP contribution in [-0.2, 0) is 16.1 Å². The second-order valence-electron chi connectivity index (χ2n) is 4.76. The molecule has 0 radical (unpaired) electrons. The normalized spacial score (nSPS) is 19.6. The number of carbonyl (C=O) groups is 1. The second kappa shape index (κ2) is 7.21. The van der Waals surface area contributed by atoms with Crippen molar-refractivity contribution >= 4 is 11.7 Å². The summed E-state index contributed by atoms with van der Waals surface area (Å²) in [5.41, 5.74) is 1.14. The van der Waals surface area contributed by atoms with Crippen molar-refractivity contribution in [3.05, 3.63) is 23.9 Å². The quantitative estimate of drug-likeness (QED) is 0.819. The first kappa shape index (κ1) is 14.7. The van der Waals surface area contributed by atoms with E-state index in [1.165, 1.54) is 0 Å².